The topological polar surface area (TPSA) is 81.4 Å². The molecule has 1 rings (SSSR count). The van der Waals surface area contributed by atoms with Crippen LogP contribution in [0.2, 0.25) is 0 Å². The van der Waals surface area contributed by atoms with Crippen molar-refractivity contribution in [3.8, 4) is 6.07 Å². The normalized spacial score (nSPS) is 14.8. The molecule has 0 bridgehead atoms. The van der Waals surface area contributed by atoms with Crippen molar-refractivity contribution < 1.29 is 13.5 Å². The molecule has 5 nitrogen and oxygen atoms in total. The molecule has 0 aliphatic rings. The molecule has 2 unspecified atom stereocenters. The predicted octanol–water partition coefficient (Wildman–Crippen LogP) is 2.05. The van der Waals surface area contributed by atoms with E-state index in [1.165, 1.54) is 23.5 Å². The summed E-state index contributed by atoms with van der Waals surface area (Å²) in [5.41, 5.74) is 0.579. The fourth-order valence-corrected chi connectivity index (χ4v) is 3.20. The van der Waals surface area contributed by atoms with E-state index in [1.807, 2.05) is 13.0 Å². The first kappa shape index (κ1) is 16.6. The van der Waals surface area contributed by atoms with Crippen LogP contribution in [0.5, 0.6) is 0 Å². The number of nitriles is 1. The summed E-state index contributed by atoms with van der Waals surface area (Å²) in [6.07, 6.45) is -0.0241. The Morgan fingerprint density at radius 2 is 2.10 bits per heavy atom. The van der Waals surface area contributed by atoms with Crippen LogP contribution in [0, 0.1) is 11.3 Å². The molecule has 1 aromatic rings. The zero-order chi connectivity index (χ0) is 15.3. The highest BCUT2D eigenvalue weighted by molar-refractivity contribution is 7.89. The van der Waals surface area contributed by atoms with E-state index in [1.54, 1.807) is 19.1 Å². The molecule has 0 saturated heterocycles. The zero-order valence-corrected chi connectivity index (χ0v) is 12.8. The Balaban J connectivity index is 3.13. The van der Waals surface area contributed by atoms with Crippen LogP contribution >= 0.6 is 0 Å². The Labute approximate surface area is 120 Å². The molecule has 0 aliphatic carbocycles. The Kier molecular flexibility index (Phi) is 5.69. The van der Waals surface area contributed by atoms with Gasteiger partial charge in [0.15, 0.2) is 0 Å². The van der Waals surface area contributed by atoms with Gasteiger partial charge in [-0.3, -0.25) is 0 Å². The third-order valence-electron chi connectivity index (χ3n) is 3.31. The van der Waals surface area contributed by atoms with Gasteiger partial charge >= 0.3 is 0 Å². The van der Waals surface area contributed by atoms with Crippen molar-refractivity contribution in [2.75, 3.05) is 7.05 Å². The highest BCUT2D eigenvalue weighted by Crippen LogP contribution is 2.23. The van der Waals surface area contributed by atoms with Crippen molar-refractivity contribution in [1.29, 1.82) is 5.26 Å². The maximum atomic E-state index is 12.4. The molecule has 0 radical (unpaired) electrons. The Morgan fingerprint density at radius 3 is 2.65 bits per heavy atom. The van der Waals surface area contributed by atoms with Crippen molar-refractivity contribution in [1.82, 2.24) is 4.31 Å². The minimum atomic E-state index is -3.65. The maximum Gasteiger partial charge on any atom is 0.243 e. The molecule has 6 heteroatoms. The molecule has 0 aromatic heterocycles. The first-order valence-corrected chi connectivity index (χ1v) is 7.91. The molecule has 0 saturated carbocycles. The monoisotopic (exact) mass is 296 g/mol. The minimum absolute atomic E-state index is 0.132. The number of benzene rings is 1. The second-order valence-electron chi connectivity index (χ2n) is 4.73. The van der Waals surface area contributed by atoms with E-state index in [-0.39, 0.29) is 11.3 Å². The predicted molar refractivity (Wildman–Crippen MR) is 76.3 cm³/mol. The number of hydrogen-bond donors (Lipinski definition) is 1. The number of rotatable bonds is 6. The van der Waals surface area contributed by atoms with Crippen molar-refractivity contribution in [2.24, 2.45) is 0 Å². The number of hydrogen-bond acceptors (Lipinski definition) is 4. The van der Waals surface area contributed by atoms with Gasteiger partial charge in [-0.2, -0.15) is 9.57 Å². The van der Waals surface area contributed by atoms with Gasteiger partial charge in [-0.15, -0.1) is 0 Å². The van der Waals surface area contributed by atoms with Crippen LogP contribution in [0.1, 0.15) is 38.4 Å². The van der Waals surface area contributed by atoms with Gasteiger partial charge in [0, 0.05) is 13.1 Å². The second-order valence-corrected chi connectivity index (χ2v) is 6.73. The zero-order valence-electron chi connectivity index (χ0n) is 11.9. The lowest BCUT2D eigenvalue weighted by Crippen LogP contribution is -2.34. The first-order chi connectivity index (χ1) is 9.34. The van der Waals surface area contributed by atoms with Gasteiger partial charge in [-0.1, -0.05) is 19.1 Å². The van der Waals surface area contributed by atoms with Gasteiger partial charge in [0.25, 0.3) is 0 Å². The van der Waals surface area contributed by atoms with Gasteiger partial charge in [0.1, 0.15) is 0 Å². The molecule has 0 aliphatic heterocycles. The van der Waals surface area contributed by atoms with Crippen LogP contribution in [0.15, 0.2) is 29.2 Å². The fraction of sp³-hybridized carbons (Fsp3) is 0.500. The highest BCUT2D eigenvalue weighted by atomic mass is 32.2. The van der Waals surface area contributed by atoms with Crippen molar-refractivity contribution in [3.63, 3.8) is 0 Å². The average molecular weight is 296 g/mol. The Morgan fingerprint density at radius 1 is 1.45 bits per heavy atom. The average Bonchev–Trinajstić information content (AvgIpc) is 2.45. The van der Waals surface area contributed by atoms with E-state index in [0.29, 0.717) is 12.0 Å². The van der Waals surface area contributed by atoms with Gasteiger partial charge in [-0.05, 0) is 31.0 Å². The number of aliphatic hydroxyl groups excluding tert-OH is 1. The summed E-state index contributed by atoms with van der Waals surface area (Å²) >= 11 is 0. The van der Waals surface area contributed by atoms with Crippen molar-refractivity contribution >= 4 is 10.0 Å². The largest absolute Gasteiger partial charge is 0.388 e. The molecular weight excluding hydrogens is 276 g/mol. The standard InChI is InChI=1S/C14H20N2O3S/c1-4-14(17)12-6-5-7-13(10-12)20(18,19)16(3)11(2)8-9-15/h5-7,10-11,14,17H,4,8H2,1-3H3. The minimum Gasteiger partial charge on any atom is -0.388 e. The molecule has 20 heavy (non-hydrogen) atoms. The van der Waals surface area contributed by atoms with Crippen LogP contribution in [0.3, 0.4) is 0 Å². The van der Waals surface area contributed by atoms with Gasteiger partial charge in [-0.25, -0.2) is 8.42 Å². The Hall–Kier alpha value is -1.42. The van der Waals surface area contributed by atoms with E-state index in [9.17, 15) is 13.5 Å². The quantitative estimate of drug-likeness (QED) is 0.871. The number of aliphatic hydroxyl groups is 1. The summed E-state index contributed by atoms with van der Waals surface area (Å²) in [7, 11) is -2.19. The molecule has 0 spiro atoms. The Bertz CT molecular complexity index is 593. The van der Waals surface area contributed by atoms with Crippen LogP contribution < -0.4 is 0 Å². The summed E-state index contributed by atoms with van der Waals surface area (Å²) in [5.74, 6) is 0. The van der Waals surface area contributed by atoms with Crippen LogP contribution in [-0.2, 0) is 10.0 Å². The van der Waals surface area contributed by atoms with Gasteiger partial charge in [0.2, 0.25) is 10.0 Å². The summed E-state index contributed by atoms with van der Waals surface area (Å²) in [5, 5.41) is 18.5. The molecular formula is C14H20N2O3S. The molecule has 0 amide bonds. The van der Waals surface area contributed by atoms with Crippen LogP contribution in [0.25, 0.3) is 0 Å². The van der Waals surface area contributed by atoms with E-state index in [4.69, 9.17) is 5.26 Å². The molecule has 1 N–H and O–H groups in total. The highest BCUT2D eigenvalue weighted by Gasteiger charge is 2.25. The third-order valence-corrected chi connectivity index (χ3v) is 5.28. The van der Waals surface area contributed by atoms with Crippen molar-refractivity contribution in [2.45, 2.75) is 43.7 Å². The van der Waals surface area contributed by atoms with Gasteiger partial charge < -0.3 is 5.11 Å². The number of sulfonamides is 1. The van der Waals surface area contributed by atoms with Crippen molar-refractivity contribution in [3.05, 3.63) is 29.8 Å². The number of nitrogens with zero attached hydrogens (tertiary/aromatic N) is 2. The van der Waals surface area contributed by atoms with Crippen LogP contribution in [-0.4, -0.2) is 30.9 Å². The third kappa shape index (κ3) is 3.57. The summed E-state index contributed by atoms with van der Waals surface area (Å²) in [6, 6.07) is 7.86. The van der Waals surface area contributed by atoms with E-state index >= 15 is 0 Å². The lowest BCUT2D eigenvalue weighted by molar-refractivity contribution is 0.173. The molecule has 110 valence electrons. The molecule has 0 fully saturated rings. The van der Waals surface area contributed by atoms with Crippen LogP contribution in [0.4, 0.5) is 0 Å². The van der Waals surface area contributed by atoms with E-state index < -0.39 is 22.2 Å². The smallest absolute Gasteiger partial charge is 0.243 e. The fourth-order valence-electron chi connectivity index (χ4n) is 1.78. The lowest BCUT2D eigenvalue weighted by atomic mass is 10.1. The van der Waals surface area contributed by atoms with Gasteiger partial charge in [0.05, 0.1) is 23.5 Å². The SMILES string of the molecule is CCC(O)c1cccc(S(=O)(=O)N(C)C(C)CC#N)c1. The van der Waals surface area contributed by atoms with E-state index in [0.717, 1.165) is 0 Å². The molecule has 2 atom stereocenters. The lowest BCUT2D eigenvalue weighted by Gasteiger charge is -2.22. The summed E-state index contributed by atoms with van der Waals surface area (Å²) in [6.45, 7) is 3.51. The van der Waals surface area contributed by atoms with E-state index in [2.05, 4.69) is 0 Å². The molecule has 0 heterocycles. The summed E-state index contributed by atoms with van der Waals surface area (Å²) < 4.78 is 26.1. The second kappa shape index (κ2) is 6.84. The maximum absolute atomic E-state index is 12.4. The first-order valence-electron chi connectivity index (χ1n) is 6.47. The molecule has 1 aromatic carbocycles. The summed E-state index contributed by atoms with van der Waals surface area (Å²) in [4.78, 5) is 0.134.